The summed E-state index contributed by atoms with van der Waals surface area (Å²) in [5, 5.41) is 4.99. The van der Waals surface area contributed by atoms with Gasteiger partial charge in [0, 0.05) is 111 Å². The Labute approximate surface area is 725 Å². The highest BCUT2D eigenvalue weighted by Gasteiger charge is 2.32. The molecule has 2 atom stereocenters. The standard InChI is InChI=1S/C24H17Br2ClN2O2.C24H17ClN2O2.C24H15ClN2O2.C17H12ClNO2.C7H7NO.CH4/c1-13-9-10-28-18(11-13)21(25)22(26)23(30)20-19(14-5-3-2-4-6-14)16-12-15(27)7-8-17(16)29-24(20)31;2*1-15-11-12-26-18(13-15)8-10-21(28)23-22(16-5-3-2-4-6-16)19-14-17(25)7-9-20(19)27-24(23)29;1-10(20)15-16(11-5-3-2-4-6-11)13-9-12(18)7-8-14(13)19-17(15)21;1-6-2-3-8-7(4-6)5-9;/h2-12,21-22H,1H3,(H,29,31);2-14H,1H3,(H,27,29);2-7,9,11-14H,1H3,(H,27,29);2-9H,1H3,(H,19,21);2-5H,1H3;1H4/b;10-8+;;;;. The molecule has 8 aromatic carbocycles. The topological polar surface area (TPSA) is 268 Å². The lowest BCUT2D eigenvalue weighted by Crippen LogP contribution is -2.28. The quantitative estimate of drug-likeness (QED) is 0.0260. The Morgan fingerprint density at radius 2 is 0.742 bits per heavy atom. The molecule has 2 unspecified atom stereocenters. The number of Topliss-reactive ketones (excluding diaryl/α,β-unsaturated/α-hetero) is 3. The van der Waals surface area contributed by atoms with Crippen LogP contribution in [0.4, 0.5) is 0 Å². The summed E-state index contributed by atoms with van der Waals surface area (Å²) in [6.07, 6.45) is 10.4. The lowest BCUT2D eigenvalue weighted by Gasteiger charge is -2.18. The monoisotopic (exact) mass is 1790 g/mol. The number of fused-ring (bicyclic) bond motifs is 4. The lowest BCUT2D eigenvalue weighted by atomic mass is 9.92. The number of benzene rings is 8. The third-order valence-electron chi connectivity index (χ3n) is 18.6. The van der Waals surface area contributed by atoms with Crippen molar-refractivity contribution in [2.24, 2.45) is 0 Å². The van der Waals surface area contributed by atoms with Gasteiger partial charge in [-0.2, -0.15) is 0 Å². The summed E-state index contributed by atoms with van der Waals surface area (Å²) in [4.78, 5) is 139. The number of pyridine rings is 8. The van der Waals surface area contributed by atoms with Crippen molar-refractivity contribution >= 4 is 157 Å². The number of aromatic nitrogens is 8. The van der Waals surface area contributed by atoms with E-state index < -0.39 is 37.9 Å². The number of rotatable bonds is 14. The van der Waals surface area contributed by atoms with Crippen LogP contribution >= 0.6 is 78.3 Å². The van der Waals surface area contributed by atoms with Crippen molar-refractivity contribution in [3.8, 4) is 56.3 Å². The van der Waals surface area contributed by atoms with Crippen LogP contribution in [0.5, 0.6) is 0 Å². The summed E-state index contributed by atoms with van der Waals surface area (Å²) < 4.78 is 0. The molecule has 8 aromatic heterocycles. The molecule has 4 N–H and O–H groups in total. The van der Waals surface area contributed by atoms with Gasteiger partial charge in [0.1, 0.15) is 17.0 Å². The lowest BCUT2D eigenvalue weighted by molar-refractivity contribution is 0.0986. The van der Waals surface area contributed by atoms with E-state index in [2.05, 4.69) is 83.6 Å². The Balaban J connectivity index is 0.000000152. The van der Waals surface area contributed by atoms with E-state index in [-0.39, 0.29) is 46.8 Å². The van der Waals surface area contributed by atoms with Crippen molar-refractivity contribution in [3.05, 3.63) is 402 Å². The fourth-order valence-corrected chi connectivity index (χ4v) is 14.8. The molecule has 0 spiro atoms. The van der Waals surface area contributed by atoms with E-state index in [1.165, 1.54) is 13.0 Å². The van der Waals surface area contributed by atoms with Gasteiger partial charge < -0.3 is 19.9 Å². The van der Waals surface area contributed by atoms with Gasteiger partial charge in [-0.15, -0.1) is 0 Å². The first kappa shape index (κ1) is 87.8. The highest BCUT2D eigenvalue weighted by Crippen LogP contribution is 2.39. The van der Waals surface area contributed by atoms with Crippen molar-refractivity contribution < 1.29 is 24.0 Å². The number of hydrogen-bond acceptors (Lipinski definition) is 13. The number of nitrogens with one attached hydrogen (secondary N) is 4. The van der Waals surface area contributed by atoms with Gasteiger partial charge in [0.25, 0.3) is 22.2 Å². The minimum Gasteiger partial charge on any atom is -0.321 e. The van der Waals surface area contributed by atoms with Crippen LogP contribution in [0.15, 0.2) is 293 Å². The van der Waals surface area contributed by atoms with Gasteiger partial charge in [0.15, 0.2) is 23.6 Å². The third kappa shape index (κ3) is 21.3. The summed E-state index contributed by atoms with van der Waals surface area (Å²) in [5.74, 6) is 3.75. The normalized spacial score (nSPS) is 11.2. The predicted octanol–water partition coefficient (Wildman–Crippen LogP) is 22.8. The summed E-state index contributed by atoms with van der Waals surface area (Å²) in [6.45, 7) is 9.15. The molecule has 0 bridgehead atoms. The average Bonchev–Trinajstić information content (AvgIpc) is 0.774. The second-order valence-corrected chi connectivity index (χ2v) is 30.9. The van der Waals surface area contributed by atoms with Crippen LogP contribution in [0.1, 0.15) is 110 Å². The fourth-order valence-electron chi connectivity index (χ4n) is 13.1. The van der Waals surface area contributed by atoms with Gasteiger partial charge in [0.2, 0.25) is 5.78 Å². The van der Waals surface area contributed by atoms with E-state index in [1.807, 2.05) is 185 Å². The van der Waals surface area contributed by atoms with E-state index in [9.17, 15) is 43.2 Å². The van der Waals surface area contributed by atoms with Crippen LogP contribution in [-0.2, 0) is 0 Å². The van der Waals surface area contributed by atoms with Crippen molar-refractivity contribution in [2.45, 2.75) is 51.7 Å². The third-order valence-corrected chi connectivity index (χ3v) is 22.2. The predicted molar refractivity (Wildman–Crippen MR) is 491 cm³/mol. The molecule has 0 fully saturated rings. The van der Waals surface area contributed by atoms with Gasteiger partial charge in [0.05, 0.1) is 37.7 Å². The fraction of sp³-hybridized carbons (Fsp3) is 0.0825. The Morgan fingerprint density at radius 3 is 1.13 bits per heavy atom. The molecule has 8 heterocycles. The maximum Gasteiger partial charge on any atom is 0.261 e. The SMILES string of the molecule is C.CC(=O)c1c(-c2ccccc2)c2cc(Cl)ccc2[nH]c1=O.Cc1ccnc(/C=C/C(=O)c2c(-c3ccccc3)c3cc(Cl)ccc3[nH]c2=O)c1.Cc1ccnc(C#CC(=O)c2c(-c3ccccc3)c3cc(Cl)ccc3[nH]c2=O)c1.Cc1ccnc(C(Br)C(Br)C(=O)c2c(-c3ccccc3)c3cc(Cl)ccc3[nH]c2=O)c1.Cc1ccnc(C=O)c1. The number of aromatic amines is 4. The highest BCUT2D eigenvalue weighted by atomic mass is 79.9. The smallest absolute Gasteiger partial charge is 0.261 e. The second-order valence-electron chi connectivity index (χ2n) is 27.2. The van der Waals surface area contributed by atoms with E-state index >= 15 is 0 Å². The van der Waals surface area contributed by atoms with Crippen molar-refractivity contribution in [2.75, 3.05) is 0 Å². The molecule has 16 aromatic rings. The van der Waals surface area contributed by atoms with Crippen LogP contribution < -0.4 is 22.2 Å². The number of aldehydes is 1. The number of alkyl halides is 2. The number of nitrogens with zero attached hydrogens (tertiary/aromatic N) is 4. The molecular formula is C97H72Br2Cl4N8O9. The van der Waals surface area contributed by atoms with Crippen LogP contribution in [0, 0.1) is 39.5 Å². The van der Waals surface area contributed by atoms with Gasteiger partial charge in [-0.3, -0.25) is 58.1 Å². The van der Waals surface area contributed by atoms with E-state index in [0.29, 0.717) is 103 Å². The zero-order chi connectivity index (χ0) is 84.6. The summed E-state index contributed by atoms with van der Waals surface area (Å²) >= 11 is 31.8. The number of aryl methyl sites for hydroxylation is 4. The molecule has 0 aliphatic carbocycles. The summed E-state index contributed by atoms with van der Waals surface area (Å²) in [6, 6.07) is 73.0. The van der Waals surface area contributed by atoms with E-state index in [1.54, 1.807) is 116 Å². The first-order valence-corrected chi connectivity index (χ1v) is 40.1. The molecule has 23 heteroatoms. The molecular weight excluding hydrogens is 1720 g/mol. The van der Waals surface area contributed by atoms with Crippen LogP contribution in [0.2, 0.25) is 20.1 Å². The number of allylic oxidation sites excluding steroid dienone is 1. The maximum absolute atomic E-state index is 13.6. The molecule has 16 rings (SSSR count). The summed E-state index contributed by atoms with van der Waals surface area (Å²) in [5.41, 5.74) is 12.9. The first-order chi connectivity index (χ1) is 57.3. The number of halogens is 6. The van der Waals surface area contributed by atoms with Gasteiger partial charge in [-0.05, 0) is 224 Å². The molecule has 17 nitrogen and oxygen atoms in total. The van der Waals surface area contributed by atoms with Crippen LogP contribution in [0.25, 0.3) is 94.2 Å². The average molecular weight is 1800 g/mol. The van der Waals surface area contributed by atoms with E-state index in [4.69, 9.17) is 46.4 Å². The minimum absolute atomic E-state index is 0. The van der Waals surface area contributed by atoms with Gasteiger partial charge >= 0.3 is 0 Å². The van der Waals surface area contributed by atoms with Crippen molar-refractivity contribution in [3.63, 3.8) is 0 Å². The van der Waals surface area contributed by atoms with Gasteiger partial charge in [-0.25, -0.2) is 4.98 Å². The number of hydrogen-bond donors (Lipinski definition) is 4. The first-order valence-electron chi connectivity index (χ1n) is 36.7. The molecule has 120 heavy (non-hydrogen) atoms. The zero-order valence-electron chi connectivity index (χ0n) is 64.0. The zero-order valence-corrected chi connectivity index (χ0v) is 70.2. The molecule has 0 aliphatic rings. The molecule has 0 amide bonds. The Hall–Kier alpha value is -13.0. The Morgan fingerprint density at radius 1 is 0.400 bits per heavy atom. The van der Waals surface area contributed by atoms with E-state index in [0.717, 1.165) is 56.2 Å². The molecule has 0 aliphatic heterocycles. The van der Waals surface area contributed by atoms with Gasteiger partial charge in [-0.1, -0.05) is 207 Å². The van der Waals surface area contributed by atoms with Crippen molar-refractivity contribution in [1.29, 1.82) is 0 Å². The molecule has 0 saturated carbocycles. The molecule has 596 valence electrons. The Bertz CT molecular complexity index is 6960. The number of carbonyl (C=O) groups excluding carboxylic acids is 5. The highest BCUT2D eigenvalue weighted by molar-refractivity contribution is 9.12. The molecule has 0 saturated heterocycles. The maximum atomic E-state index is 13.6. The molecule has 0 radical (unpaired) electrons. The number of carbonyl (C=O) groups is 5. The second kappa shape index (κ2) is 40.4. The summed E-state index contributed by atoms with van der Waals surface area (Å²) in [7, 11) is 0. The Kier molecular flexibility index (Phi) is 29.6. The largest absolute Gasteiger partial charge is 0.321 e. The number of ketones is 4. The van der Waals surface area contributed by atoms with Crippen LogP contribution in [-0.4, -0.2) is 74.1 Å². The van der Waals surface area contributed by atoms with Crippen LogP contribution in [0.3, 0.4) is 0 Å². The van der Waals surface area contributed by atoms with Crippen molar-refractivity contribution in [1.82, 2.24) is 39.9 Å². The number of H-pyrrole nitrogens is 4. The minimum atomic E-state index is -0.706.